The smallest absolute Gasteiger partial charge is 0.475 e. The Morgan fingerprint density at radius 3 is 2.40 bits per heavy atom. The van der Waals surface area contributed by atoms with Gasteiger partial charge in [-0.1, -0.05) is 32.9 Å². The minimum absolute atomic E-state index is 0.0334. The van der Waals surface area contributed by atoms with Crippen molar-refractivity contribution >= 4 is 23.6 Å². The lowest BCUT2D eigenvalue weighted by Gasteiger charge is -2.42. The van der Waals surface area contributed by atoms with E-state index < -0.39 is 12.1 Å². The van der Waals surface area contributed by atoms with Gasteiger partial charge < -0.3 is 20.3 Å². The number of carboxylic acid groups (broad SMARTS) is 1. The molecule has 30 heavy (non-hydrogen) atoms. The maximum atomic E-state index is 12.8. The van der Waals surface area contributed by atoms with Crippen molar-refractivity contribution in [3.05, 3.63) is 17.5 Å². The largest absolute Gasteiger partial charge is 0.490 e. The number of aliphatic carboxylic acids is 1. The van der Waals surface area contributed by atoms with E-state index in [-0.39, 0.29) is 11.3 Å². The minimum atomic E-state index is -5.08. The lowest BCUT2D eigenvalue weighted by Crippen LogP contribution is -2.49. The summed E-state index contributed by atoms with van der Waals surface area (Å²) < 4.78 is 37.0. The second-order valence-corrected chi connectivity index (χ2v) is 9.50. The Morgan fingerprint density at radius 1 is 1.33 bits per heavy atom. The number of carbonyl (C=O) groups is 2. The fourth-order valence-corrected chi connectivity index (χ4v) is 3.56. The SMILES string of the molecule is CCSCc1cc(C(=O)N2C[C@@H](CN)C[C@@H](C(C)(C)C)C2)no1.O=C(O)C(F)(F)F. The molecule has 1 aromatic rings. The summed E-state index contributed by atoms with van der Waals surface area (Å²) in [6, 6.07) is 1.78. The molecular formula is C19H30F3N3O4S. The minimum Gasteiger partial charge on any atom is -0.475 e. The van der Waals surface area contributed by atoms with E-state index in [0.29, 0.717) is 30.6 Å². The summed E-state index contributed by atoms with van der Waals surface area (Å²) in [4.78, 5) is 23.6. The Hall–Kier alpha value is -1.75. The van der Waals surface area contributed by atoms with Gasteiger partial charge in [0.05, 0.1) is 5.75 Å². The number of halogens is 3. The molecule has 1 amide bonds. The third-order valence-electron chi connectivity index (χ3n) is 4.85. The highest BCUT2D eigenvalue weighted by molar-refractivity contribution is 7.98. The normalized spacial score (nSPS) is 19.8. The highest BCUT2D eigenvalue weighted by atomic mass is 32.2. The topological polar surface area (TPSA) is 110 Å². The third kappa shape index (κ3) is 8.17. The van der Waals surface area contributed by atoms with Crippen molar-refractivity contribution in [2.75, 3.05) is 25.4 Å². The van der Waals surface area contributed by atoms with E-state index >= 15 is 0 Å². The molecule has 7 nitrogen and oxygen atoms in total. The number of nitrogens with zero attached hydrogens (tertiary/aromatic N) is 2. The number of aromatic nitrogens is 1. The Morgan fingerprint density at radius 2 is 1.93 bits per heavy atom. The first-order valence-corrected chi connectivity index (χ1v) is 10.8. The molecule has 0 spiro atoms. The lowest BCUT2D eigenvalue weighted by molar-refractivity contribution is -0.192. The summed E-state index contributed by atoms with van der Waals surface area (Å²) in [6.45, 7) is 10.9. The molecule has 11 heteroatoms. The number of hydrogen-bond donors (Lipinski definition) is 2. The summed E-state index contributed by atoms with van der Waals surface area (Å²) in [5, 5.41) is 11.1. The van der Waals surface area contributed by atoms with Gasteiger partial charge in [-0.05, 0) is 36.0 Å². The van der Waals surface area contributed by atoms with Crippen molar-refractivity contribution in [3.63, 3.8) is 0 Å². The first kappa shape index (κ1) is 26.3. The van der Waals surface area contributed by atoms with E-state index in [0.717, 1.165) is 30.2 Å². The van der Waals surface area contributed by atoms with E-state index in [2.05, 4.69) is 32.9 Å². The lowest BCUT2D eigenvalue weighted by atomic mass is 9.73. The highest BCUT2D eigenvalue weighted by Crippen LogP contribution is 2.35. The second kappa shape index (κ2) is 11.0. The molecule has 1 aromatic heterocycles. The first-order chi connectivity index (χ1) is 13.8. The molecule has 0 radical (unpaired) electrons. The summed E-state index contributed by atoms with van der Waals surface area (Å²) in [5.41, 5.74) is 6.48. The number of amides is 1. The number of thioether (sulfide) groups is 1. The van der Waals surface area contributed by atoms with Gasteiger partial charge in [0.25, 0.3) is 5.91 Å². The van der Waals surface area contributed by atoms with E-state index in [1.54, 1.807) is 17.8 Å². The van der Waals surface area contributed by atoms with Crippen LogP contribution in [0.2, 0.25) is 0 Å². The standard InChI is InChI=1S/C17H29N3O2S.C2HF3O2/c1-5-23-11-14-7-15(19-22-14)16(21)20-9-12(8-18)6-13(10-20)17(2,3)4;3-2(4,5)1(6)7/h7,12-13H,5-6,8-11,18H2,1-4H3;(H,6,7)/t12-,13-;/m1./s1. The average molecular weight is 454 g/mol. The molecule has 3 N–H and O–H groups in total. The van der Waals surface area contributed by atoms with E-state index in [1.807, 2.05) is 4.90 Å². The molecule has 1 aliphatic heterocycles. The summed E-state index contributed by atoms with van der Waals surface area (Å²) in [7, 11) is 0. The first-order valence-electron chi connectivity index (χ1n) is 9.62. The van der Waals surface area contributed by atoms with Gasteiger partial charge in [0.2, 0.25) is 0 Å². The zero-order chi connectivity index (χ0) is 23.1. The molecule has 2 atom stereocenters. The Balaban J connectivity index is 0.000000553. The number of nitrogens with two attached hydrogens (primary N) is 1. The molecule has 172 valence electrons. The quantitative estimate of drug-likeness (QED) is 0.700. The Bertz CT molecular complexity index is 704. The van der Waals surface area contributed by atoms with Crippen LogP contribution in [0.15, 0.2) is 10.6 Å². The van der Waals surface area contributed by atoms with Crippen molar-refractivity contribution < 1.29 is 32.4 Å². The number of carboxylic acids is 1. The van der Waals surface area contributed by atoms with Crippen LogP contribution in [-0.2, 0) is 10.5 Å². The molecule has 1 saturated heterocycles. The van der Waals surface area contributed by atoms with Crippen LogP contribution in [0.5, 0.6) is 0 Å². The molecule has 1 aliphatic rings. The van der Waals surface area contributed by atoms with Crippen molar-refractivity contribution in [2.45, 2.75) is 46.0 Å². The van der Waals surface area contributed by atoms with Gasteiger partial charge in [-0.3, -0.25) is 4.79 Å². The predicted molar refractivity (Wildman–Crippen MR) is 108 cm³/mol. The monoisotopic (exact) mass is 453 g/mol. The van der Waals surface area contributed by atoms with Crippen LogP contribution in [0.25, 0.3) is 0 Å². The van der Waals surface area contributed by atoms with Gasteiger partial charge in [-0.15, -0.1) is 0 Å². The van der Waals surface area contributed by atoms with Gasteiger partial charge in [-0.25, -0.2) is 4.79 Å². The molecule has 2 heterocycles. The molecule has 0 bridgehead atoms. The molecule has 0 saturated carbocycles. The summed E-state index contributed by atoms with van der Waals surface area (Å²) >= 11 is 1.75. The zero-order valence-electron chi connectivity index (χ0n) is 17.7. The van der Waals surface area contributed by atoms with Crippen molar-refractivity contribution in [3.8, 4) is 0 Å². The number of carbonyl (C=O) groups excluding carboxylic acids is 1. The average Bonchev–Trinajstić information content (AvgIpc) is 3.13. The molecular weight excluding hydrogens is 423 g/mol. The van der Waals surface area contributed by atoms with Gasteiger partial charge >= 0.3 is 12.1 Å². The molecule has 0 unspecified atom stereocenters. The van der Waals surface area contributed by atoms with Crippen molar-refractivity contribution in [2.24, 2.45) is 23.0 Å². The van der Waals surface area contributed by atoms with E-state index in [4.69, 9.17) is 20.2 Å². The van der Waals surface area contributed by atoms with Crippen molar-refractivity contribution in [1.82, 2.24) is 10.1 Å². The van der Waals surface area contributed by atoms with E-state index in [9.17, 15) is 18.0 Å². The zero-order valence-corrected chi connectivity index (χ0v) is 18.5. The van der Waals surface area contributed by atoms with E-state index in [1.165, 1.54) is 0 Å². The second-order valence-electron chi connectivity index (χ2n) is 8.23. The summed E-state index contributed by atoms with van der Waals surface area (Å²) in [5.74, 6) is 0.560. The number of likely N-dealkylation sites (tertiary alicyclic amines) is 1. The van der Waals surface area contributed by atoms with Crippen molar-refractivity contribution in [1.29, 1.82) is 0 Å². The fraction of sp³-hybridized carbons (Fsp3) is 0.737. The number of piperidine rings is 1. The highest BCUT2D eigenvalue weighted by Gasteiger charge is 2.38. The van der Waals surface area contributed by atoms with Crippen LogP contribution in [0.4, 0.5) is 13.2 Å². The Labute approximate surface area is 178 Å². The van der Waals surface area contributed by atoms with Crippen LogP contribution in [0, 0.1) is 17.3 Å². The van der Waals surface area contributed by atoms with Gasteiger partial charge in [0.15, 0.2) is 5.69 Å². The number of alkyl halides is 3. The van der Waals surface area contributed by atoms with Gasteiger partial charge in [0.1, 0.15) is 5.76 Å². The molecule has 2 rings (SSSR count). The molecule has 1 fully saturated rings. The molecule has 0 aliphatic carbocycles. The fourth-order valence-electron chi connectivity index (χ4n) is 3.01. The Kier molecular flexibility index (Phi) is 9.67. The number of rotatable bonds is 5. The maximum absolute atomic E-state index is 12.8. The van der Waals surface area contributed by atoms with Crippen LogP contribution in [0.3, 0.4) is 0 Å². The maximum Gasteiger partial charge on any atom is 0.490 e. The third-order valence-corrected chi connectivity index (χ3v) is 5.75. The van der Waals surface area contributed by atoms with Crippen LogP contribution in [-0.4, -0.2) is 58.6 Å². The van der Waals surface area contributed by atoms with Crippen LogP contribution >= 0.6 is 11.8 Å². The number of hydrogen-bond acceptors (Lipinski definition) is 6. The van der Waals surface area contributed by atoms with Gasteiger partial charge in [0, 0.05) is 19.2 Å². The van der Waals surface area contributed by atoms with Crippen LogP contribution < -0.4 is 5.73 Å². The van der Waals surface area contributed by atoms with Crippen LogP contribution in [0.1, 0.15) is 50.4 Å². The summed E-state index contributed by atoms with van der Waals surface area (Å²) in [6.07, 6.45) is -4.00. The predicted octanol–water partition coefficient (Wildman–Crippen LogP) is 3.64. The van der Waals surface area contributed by atoms with Gasteiger partial charge in [-0.2, -0.15) is 24.9 Å². The molecule has 0 aromatic carbocycles.